The summed E-state index contributed by atoms with van der Waals surface area (Å²) in [4.78, 5) is 29.3. The van der Waals surface area contributed by atoms with Crippen LogP contribution in [0.3, 0.4) is 0 Å². The number of amides is 3. The SMILES string of the molecule is O=C(NC1CCCCC1)N1CCN2CCS(=O)(=O)N(C3CC3)C(=O)C2C1. The molecule has 2 aliphatic carbocycles. The molecule has 0 aromatic rings. The van der Waals surface area contributed by atoms with Gasteiger partial charge in [0.25, 0.3) is 5.91 Å². The van der Waals surface area contributed by atoms with Crippen molar-refractivity contribution >= 4 is 22.0 Å². The molecule has 2 saturated heterocycles. The number of piperazine rings is 1. The van der Waals surface area contributed by atoms with E-state index in [1.165, 1.54) is 6.42 Å². The molecule has 4 rings (SSSR count). The van der Waals surface area contributed by atoms with E-state index in [0.29, 0.717) is 19.6 Å². The number of carbonyl (C=O) groups is 2. The highest BCUT2D eigenvalue weighted by atomic mass is 32.2. The molecule has 1 atom stereocenters. The van der Waals surface area contributed by atoms with Gasteiger partial charge in [0.2, 0.25) is 10.0 Å². The van der Waals surface area contributed by atoms with E-state index in [9.17, 15) is 18.0 Å². The Labute approximate surface area is 154 Å². The molecule has 0 aromatic heterocycles. The Kier molecular flexibility index (Phi) is 4.85. The lowest BCUT2D eigenvalue weighted by Gasteiger charge is -2.40. The van der Waals surface area contributed by atoms with Crippen LogP contribution in [0.25, 0.3) is 0 Å². The number of nitrogens with one attached hydrogen (secondary N) is 1. The Hall–Kier alpha value is -1.35. The van der Waals surface area contributed by atoms with Crippen molar-refractivity contribution in [3.8, 4) is 0 Å². The molecule has 1 unspecified atom stereocenters. The maximum absolute atomic E-state index is 13.0. The molecule has 0 bridgehead atoms. The van der Waals surface area contributed by atoms with Crippen LogP contribution in [0.15, 0.2) is 0 Å². The second-order valence-corrected chi connectivity index (χ2v) is 9.93. The fourth-order valence-corrected chi connectivity index (χ4v) is 6.07. The lowest BCUT2D eigenvalue weighted by molar-refractivity contribution is -0.133. The molecule has 1 N–H and O–H groups in total. The summed E-state index contributed by atoms with van der Waals surface area (Å²) in [5, 5.41) is 3.10. The minimum Gasteiger partial charge on any atom is -0.335 e. The van der Waals surface area contributed by atoms with Gasteiger partial charge >= 0.3 is 6.03 Å². The first-order chi connectivity index (χ1) is 12.5. The van der Waals surface area contributed by atoms with Crippen LogP contribution in [0, 0.1) is 0 Å². The van der Waals surface area contributed by atoms with E-state index in [0.717, 1.165) is 42.8 Å². The fourth-order valence-electron chi connectivity index (χ4n) is 4.35. The predicted molar refractivity (Wildman–Crippen MR) is 96.0 cm³/mol. The van der Waals surface area contributed by atoms with Crippen molar-refractivity contribution in [2.45, 2.75) is 63.1 Å². The van der Waals surface area contributed by atoms with E-state index in [-0.39, 0.29) is 36.3 Å². The summed E-state index contributed by atoms with van der Waals surface area (Å²) < 4.78 is 26.1. The van der Waals surface area contributed by atoms with Crippen LogP contribution in [0.1, 0.15) is 44.9 Å². The van der Waals surface area contributed by atoms with Crippen molar-refractivity contribution in [3.05, 3.63) is 0 Å². The number of sulfonamides is 1. The van der Waals surface area contributed by atoms with Crippen molar-refractivity contribution in [2.75, 3.05) is 31.9 Å². The highest BCUT2D eigenvalue weighted by molar-refractivity contribution is 7.89. The number of urea groups is 1. The first kappa shape index (κ1) is 18.0. The van der Waals surface area contributed by atoms with Gasteiger partial charge in [0.15, 0.2) is 0 Å². The first-order valence-corrected chi connectivity index (χ1v) is 11.4. The average Bonchev–Trinajstić information content (AvgIpc) is 3.45. The summed E-state index contributed by atoms with van der Waals surface area (Å²) in [6.45, 7) is 1.71. The lowest BCUT2D eigenvalue weighted by atomic mass is 9.96. The molecule has 26 heavy (non-hydrogen) atoms. The third-order valence-electron chi connectivity index (χ3n) is 6.03. The van der Waals surface area contributed by atoms with Crippen molar-refractivity contribution in [2.24, 2.45) is 0 Å². The monoisotopic (exact) mass is 384 g/mol. The van der Waals surface area contributed by atoms with Gasteiger partial charge in [0.05, 0.1) is 5.75 Å². The molecule has 9 heteroatoms. The molecule has 0 radical (unpaired) electrons. The smallest absolute Gasteiger partial charge is 0.317 e. The van der Waals surface area contributed by atoms with Gasteiger partial charge in [0.1, 0.15) is 6.04 Å². The molecule has 2 heterocycles. The van der Waals surface area contributed by atoms with Crippen LogP contribution < -0.4 is 5.32 Å². The van der Waals surface area contributed by atoms with Gasteiger partial charge < -0.3 is 10.2 Å². The number of hydrogen-bond acceptors (Lipinski definition) is 5. The molecular weight excluding hydrogens is 356 g/mol. The number of rotatable bonds is 2. The van der Waals surface area contributed by atoms with Crippen LogP contribution in [0.2, 0.25) is 0 Å². The number of fused-ring (bicyclic) bond motifs is 1. The Balaban J connectivity index is 1.45. The van der Waals surface area contributed by atoms with Gasteiger partial charge in [-0.3, -0.25) is 9.69 Å². The minimum atomic E-state index is -3.54. The van der Waals surface area contributed by atoms with Gasteiger partial charge in [-0.05, 0) is 25.7 Å². The van der Waals surface area contributed by atoms with Crippen molar-refractivity contribution in [1.29, 1.82) is 0 Å². The third kappa shape index (κ3) is 3.55. The van der Waals surface area contributed by atoms with E-state index in [4.69, 9.17) is 0 Å². The maximum atomic E-state index is 13.0. The molecule has 0 aromatic carbocycles. The summed E-state index contributed by atoms with van der Waals surface area (Å²) in [6, 6.07) is -0.602. The van der Waals surface area contributed by atoms with Crippen LogP contribution in [0.4, 0.5) is 4.79 Å². The molecule has 2 aliphatic heterocycles. The average molecular weight is 385 g/mol. The summed E-state index contributed by atoms with van der Waals surface area (Å²) in [5.74, 6) is -0.361. The summed E-state index contributed by atoms with van der Waals surface area (Å²) >= 11 is 0. The maximum Gasteiger partial charge on any atom is 0.317 e. The number of hydrogen-bond donors (Lipinski definition) is 1. The summed E-state index contributed by atoms with van der Waals surface area (Å²) in [6.07, 6.45) is 7.06. The van der Waals surface area contributed by atoms with Gasteiger partial charge in [0, 0.05) is 38.3 Å². The van der Waals surface area contributed by atoms with Crippen molar-refractivity contribution in [3.63, 3.8) is 0 Å². The molecular formula is C17H28N4O4S. The standard InChI is InChI=1S/C17H28N4O4S/c22-16-15-12-20(17(23)18-13-4-2-1-3-5-13)9-8-19(15)10-11-26(24,25)21(16)14-6-7-14/h13-15H,1-12H2,(H,18,23). The van der Waals surface area contributed by atoms with E-state index >= 15 is 0 Å². The van der Waals surface area contributed by atoms with Crippen LogP contribution >= 0.6 is 0 Å². The number of nitrogens with zero attached hydrogens (tertiary/aromatic N) is 3. The van der Waals surface area contributed by atoms with Gasteiger partial charge in [-0.15, -0.1) is 0 Å². The summed E-state index contributed by atoms with van der Waals surface area (Å²) in [7, 11) is -3.54. The van der Waals surface area contributed by atoms with E-state index in [1.807, 2.05) is 4.90 Å². The van der Waals surface area contributed by atoms with Crippen LogP contribution in [-0.4, -0.2) is 84.5 Å². The zero-order valence-electron chi connectivity index (χ0n) is 15.1. The second kappa shape index (κ2) is 6.99. The largest absolute Gasteiger partial charge is 0.335 e. The second-order valence-electron chi connectivity index (χ2n) is 7.96. The van der Waals surface area contributed by atoms with E-state index in [2.05, 4.69) is 5.32 Å². The molecule has 4 aliphatic rings. The normalized spacial score (nSPS) is 30.6. The molecule has 4 fully saturated rings. The quantitative estimate of drug-likeness (QED) is 0.742. The van der Waals surface area contributed by atoms with Gasteiger partial charge in [-0.2, -0.15) is 0 Å². The van der Waals surface area contributed by atoms with E-state index in [1.54, 1.807) is 4.90 Å². The molecule has 0 spiro atoms. The zero-order chi connectivity index (χ0) is 18.3. The lowest BCUT2D eigenvalue weighted by Crippen LogP contribution is -2.61. The molecule has 146 valence electrons. The Bertz CT molecular complexity index is 672. The minimum absolute atomic E-state index is 0.0139. The highest BCUT2D eigenvalue weighted by Crippen LogP contribution is 2.32. The van der Waals surface area contributed by atoms with Crippen LogP contribution in [-0.2, 0) is 14.8 Å². The Morgan fingerprint density at radius 1 is 1.00 bits per heavy atom. The van der Waals surface area contributed by atoms with Crippen molar-refractivity contribution in [1.82, 2.24) is 19.4 Å². The highest BCUT2D eigenvalue weighted by Gasteiger charge is 2.48. The fraction of sp³-hybridized carbons (Fsp3) is 0.882. The molecule has 8 nitrogen and oxygen atoms in total. The topological polar surface area (TPSA) is 90.0 Å². The Morgan fingerprint density at radius 2 is 1.73 bits per heavy atom. The Morgan fingerprint density at radius 3 is 2.42 bits per heavy atom. The first-order valence-electron chi connectivity index (χ1n) is 9.81. The van der Waals surface area contributed by atoms with Crippen LogP contribution in [0.5, 0.6) is 0 Å². The third-order valence-corrected chi connectivity index (χ3v) is 7.80. The van der Waals surface area contributed by atoms with Gasteiger partial charge in [-0.1, -0.05) is 19.3 Å². The molecule has 2 saturated carbocycles. The van der Waals surface area contributed by atoms with E-state index < -0.39 is 16.1 Å². The summed E-state index contributed by atoms with van der Waals surface area (Å²) in [5.41, 5.74) is 0. The van der Waals surface area contributed by atoms with Gasteiger partial charge in [-0.25, -0.2) is 17.5 Å². The zero-order valence-corrected chi connectivity index (χ0v) is 15.9. The number of carbonyl (C=O) groups excluding carboxylic acids is 2. The molecule has 3 amide bonds. The van der Waals surface area contributed by atoms with Crippen molar-refractivity contribution < 1.29 is 18.0 Å². The predicted octanol–water partition coefficient (Wildman–Crippen LogP) is 0.349.